The second kappa shape index (κ2) is 16.8. The van der Waals surface area contributed by atoms with E-state index < -0.39 is 6.04 Å². The van der Waals surface area contributed by atoms with E-state index in [0.717, 1.165) is 44.9 Å². The number of hydrogen-bond acceptors (Lipinski definition) is 6. The molecule has 2 aliphatic rings. The Labute approximate surface area is 268 Å². The first kappa shape index (κ1) is 34.4. The smallest absolute Gasteiger partial charge is 0.258 e. The molecule has 9 nitrogen and oxygen atoms in total. The van der Waals surface area contributed by atoms with Crippen molar-refractivity contribution in [2.24, 2.45) is 11.8 Å². The molecule has 2 aromatic carbocycles. The van der Waals surface area contributed by atoms with Crippen LogP contribution in [0.2, 0.25) is 0 Å². The molecule has 3 amide bonds. The highest BCUT2D eigenvalue weighted by Gasteiger charge is 2.32. The molecular weight excluding hydrogens is 570 g/mol. The zero-order valence-electron chi connectivity index (χ0n) is 27.4. The van der Waals surface area contributed by atoms with Gasteiger partial charge < -0.3 is 29.7 Å². The fourth-order valence-corrected chi connectivity index (χ4v) is 6.28. The van der Waals surface area contributed by atoms with Crippen LogP contribution in [0.25, 0.3) is 0 Å². The molecule has 0 bridgehead atoms. The Balaban J connectivity index is 1.61. The number of nitrogens with zero attached hydrogens (tertiary/aromatic N) is 2. The minimum Gasteiger partial charge on any atom is -0.490 e. The van der Waals surface area contributed by atoms with Crippen LogP contribution < -0.4 is 10.1 Å². The van der Waals surface area contributed by atoms with Crippen LogP contribution in [0.1, 0.15) is 92.9 Å². The van der Waals surface area contributed by atoms with Crippen LogP contribution in [0.5, 0.6) is 5.75 Å². The number of anilines is 1. The van der Waals surface area contributed by atoms with E-state index in [2.05, 4.69) is 5.32 Å². The van der Waals surface area contributed by atoms with Gasteiger partial charge in [-0.3, -0.25) is 14.4 Å². The highest BCUT2D eigenvalue weighted by Crippen LogP contribution is 2.29. The molecule has 1 saturated carbocycles. The van der Waals surface area contributed by atoms with Crippen LogP contribution in [0.15, 0.2) is 48.5 Å². The molecule has 2 N–H and O–H groups in total. The number of hydrogen-bond donors (Lipinski definition) is 2. The fourth-order valence-electron chi connectivity index (χ4n) is 6.28. The van der Waals surface area contributed by atoms with Crippen molar-refractivity contribution in [3.8, 4) is 5.75 Å². The molecule has 0 spiro atoms. The molecule has 2 aromatic rings. The van der Waals surface area contributed by atoms with Gasteiger partial charge in [0.25, 0.3) is 11.8 Å². The number of carbonyl (C=O) groups excluding carboxylic acids is 3. The Morgan fingerprint density at radius 1 is 1.02 bits per heavy atom. The van der Waals surface area contributed by atoms with Gasteiger partial charge in [0.05, 0.1) is 30.4 Å². The number of amides is 3. The zero-order chi connectivity index (χ0) is 32.3. The molecule has 0 aromatic heterocycles. The summed E-state index contributed by atoms with van der Waals surface area (Å²) < 4.78 is 12.7. The molecule has 1 heterocycles. The number of aliphatic hydroxyl groups is 1. The number of nitrogens with one attached hydrogen (secondary N) is 1. The first-order valence-corrected chi connectivity index (χ1v) is 16.6. The zero-order valence-corrected chi connectivity index (χ0v) is 27.4. The van der Waals surface area contributed by atoms with Gasteiger partial charge in [0.1, 0.15) is 5.75 Å². The third kappa shape index (κ3) is 9.53. The number of carbonyl (C=O) groups is 3. The van der Waals surface area contributed by atoms with Crippen LogP contribution in [-0.4, -0.2) is 84.2 Å². The van der Waals surface area contributed by atoms with E-state index in [4.69, 9.17) is 9.47 Å². The number of fused-ring (bicyclic) bond motifs is 1. The van der Waals surface area contributed by atoms with Crippen LogP contribution >= 0.6 is 0 Å². The van der Waals surface area contributed by atoms with Crippen molar-refractivity contribution in [1.82, 2.24) is 9.80 Å². The summed E-state index contributed by atoms with van der Waals surface area (Å²) in [6.07, 6.45) is 7.35. The molecule has 9 heteroatoms. The minimum atomic E-state index is -0.483. The van der Waals surface area contributed by atoms with Crippen molar-refractivity contribution in [3.05, 3.63) is 59.7 Å². The molecule has 1 fully saturated rings. The van der Waals surface area contributed by atoms with Gasteiger partial charge in [0.2, 0.25) is 5.91 Å². The van der Waals surface area contributed by atoms with E-state index in [1.54, 1.807) is 47.4 Å². The van der Waals surface area contributed by atoms with Crippen LogP contribution in [0, 0.1) is 11.8 Å². The van der Waals surface area contributed by atoms with Crippen molar-refractivity contribution < 1.29 is 29.0 Å². The summed E-state index contributed by atoms with van der Waals surface area (Å²) in [5.74, 6) is -0.0262. The lowest BCUT2D eigenvalue weighted by molar-refractivity contribution is -0.137. The normalized spacial score (nSPS) is 22.8. The molecule has 1 aliphatic carbocycles. The fraction of sp³-hybridized carbons (Fsp3) is 0.583. The van der Waals surface area contributed by atoms with Crippen molar-refractivity contribution in [2.75, 3.05) is 38.7 Å². The highest BCUT2D eigenvalue weighted by atomic mass is 16.5. The van der Waals surface area contributed by atoms with Gasteiger partial charge in [-0.1, -0.05) is 44.4 Å². The van der Waals surface area contributed by atoms with Crippen molar-refractivity contribution in [2.45, 2.75) is 90.4 Å². The largest absolute Gasteiger partial charge is 0.490 e. The molecule has 1 aliphatic heterocycles. The lowest BCUT2D eigenvalue weighted by atomic mass is 9.88. The summed E-state index contributed by atoms with van der Waals surface area (Å²) in [5, 5.41) is 13.1. The Kier molecular flexibility index (Phi) is 12.8. The molecule has 45 heavy (non-hydrogen) atoms. The average molecular weight is 622 g/mol. The van der Waals surface area contributed by atoms with Gasteiger partial charge >= 0.3 is 0 Å². The Bertz CT molecular complexity index is 1260. The van der Waals surface area contributed by atoms with Crippen LogP contribution in [0.3, 0.4) is 0 Å². The number of aliphatic hydroxyl groups excluding tert-OH is 1. The van der Waals surface area contributed by atoms with Crippen LogP contribution in [0.4, 0.5) is 5.69 Å². The van der Waals surface area contributed by atoms with E-state index in [0.29, 0.717) is 42.3 Å². The number of ether oxygens (including phenoxy) is 2. The van der Waals surface area contributed by atoms with Crippen molar-refractivity contribution in [1.29, 1.82) is 0 Å². The third-order valence-electron chi connectivity index (χ3n) is 9.13. The first-order valence-electron chi connectivity index (χ1n) is 16.6. The standard InChI is InChI=1S/C36H51N3O6/c1-25-22-39(26(2)24-40)36(43)31-21-30(37-34(41)28-14-7-5-8-15-28)18-19-32(31)45-27(3)13-11-12-20-44-33(25)23-38(4)35(42)29-16-9-6-10-17-29/h5,7-8,14-15,18-19,21,25-27,29,33,40H,6,9-13,16-17,20,22-24H2,1-4H3,(H,37,41)/t25-,26+,27-,33+/m0/s1. The predicted molar refractivity (Wildman–Crippen MR) is 175 cm³/mol. The third-order valence-corrected chi connectivity index (χ3v) is 9.13. The molecule has 246 valence electrons. The Morgan fingerprint density at radius 3 is 2.44 bits per heavy atom. The molecular formula is C36H51N3O6. The predicted octanol–water partition coefficient (Wildman–Crippen LogP) is 5.77. The highest BCUT2D eigenvalue weighted by molar-refractivity contribution is 6.05. The number of rotatable bonds is 7. The van der Waals surface area contributed by atoms with E-state index in [1.165, 1.54) is 6.42 Å². The van der Waals surface area contributed by atoms with E-state index in [-0.39, 0.29) is 48.4 Å². The second-order valence-electron chi connectivity index (χ2n) is 12.9. The maximum Gasteiger partial charge on any atom is 0.258 e. The molecule has 4 rings (SSSR count). The summed E-state index contributed by atoms with van der Waals surface area (Å²) >= 11 is 0. The van der Waals surface area contributed by atoms with E-state index in [9.17, 15) is 19.5 Å². The molecule has 4 atom stereocenters. The second-order valence-corrected chi connectivity index (χ2v) is 12.9. The first-order chi connectivity index (χ1) is 21.7. The van der Waals surface area contributed by atoms with E-state index in [1.807, 2.05) is 38.8 Å². The van der Waals surface area contributed by atoms with Crippen molar-refractivity contribution in [3.63, 3.8) is 0 Å². The van der Waals surface area contributed by atoms with Gasteiger partial charge in [-0.15, -0.1) is 0 Å². The summed E-state index contributed by atoms with van der Waals surface area (Å²) in [6.45, 7) is 6.92. The van der Waals surface area contributed by atoms with E-state index >= 15 is 0 Å². The van der Waals surface area contributed by atoms with Gasteiger partial charge in [0, 0.05) is 49.8 Å². The van der Waals surface area contributed by atoms with Crippen LogP contribution in [-0.2, 0) is 9.53 Å². The maximum atomic E-state index is 14.3. The Hall–Kier alpha value is -3.43. The number of benzene rings is 2. The molecule has 0 radical (unpaired) electrons. The van der Waals surface area contributed by atoms with Gasteiger partial charge in [-0.25, -0.2) is 0 Å². The summed E-state index contributed by atoms with van der Waals surface area (Å²) in [5.41, 5.74) is 1.30. The topological polar surface area (TPSA) is 108 Å². The Morgan fingerprint density at radius 2 is 1.73 bits per heavy atom. The lowest BCUT2D eigenvalue weighted by Crippen LogP contribution is -2.48. The average Bonchev–Trinajstić information content (AvgIpc) is 3.06. The van der Waals surface area contributed by atoms with Gasteiger partial charge in [-0.05, 0) is 76.3 Å². The summed E-state index contributed by atoms with van der Waals surface area (Å²) in [6, 6.07) is 13.6. The maximum absolute atomic E-state index is 14.3. The van der Waals surface area contributed by atoms with Gasteiger partial charge in [-0.2, -0.15) is 0 Å². The number of likely N-dealkylation sites (N-methyl/N-ethyl adjacent to an activating group) is 1. The lowest BCUT2D eigenvalue weighted by Gasteiger charge is -2.36. The van der Waals surface area contributed by atoms with Crippen molar-refractivity contribution >= 4 is 23.4 Å². The summed E-state index contributed by atoms with van der Waals surface area (Å²) in [4.78, 5) is 44.0. The van der Waals surface area contributed by atoms with Gasteiger partial charge in [0.15, 0.2) is 0 Å². The quantitative estimate of drug-likeness (QED) is 0.406. The minimum absolute atomic E-state index is 0.0691. The summed E-state index contributed by atoms with van der Waals surface area (Å²) in [7, 11) is 1.86. The molecule has 0 saturated heterocycles. The molecule has 0 unspecified atom stereocenters. The monoisotopic (exact) mass is 621 g/mol. The SMILES string of the molecule is C[C@H](CO)N1C[C@H](C)[C@@H](CN(C)C(=O)C2CCCCC2)OCCCC[C@H](C)Oc2ccc(NC(=O)c3ccccc3)cc2C1=O.